The summed E-state index contributed by atoms with van der Waals surface area (Å²) in [6.45, 7) is 11.7. The summed E-state index contributed by atoms with van der Waals surface area (Å²) in [6, 6.07) is 0. The van der Waals surface area contributed by atoms with E-state index in [1.807, 2.05) is 11.6 Å². The topological polar surface area (TPSA) is 80.8 Å². The van der Waals surface area contributed by atoms with Crippen LogP contribution in [0.5, 0.6) is 0 Å². The molecule has 0 bridgehead atoms. The number of hydrogen-bond acceptors (Lipinski definition) is 8. The molecule has 0 spiro atoms. The SMILES string of the molecule is CCCCCCCCCOC(=O)CCCCCCCN(CCCCCCCC(=O)OC(CCCCCCC)CCCCCCCC)CCCNc1nccs1. The molecule has 0 radical (unpaired) electrons. The molecule has 0 aliphatic carbocycles. The van der Waals surface area contributed by atoms with Crippen LogP contribution in [0, 0.1) is 0 Å². The summed E-state index contributed by atoms with van der Waals surface area (Å²) >= 11 is 1.66. The third-order valence-electron chi connectivity index (χ3n) is 10.9. The van der Waals surface area contributed by atoms with Gasteiger partial charge < -0.3 is 19.7 Å². The van der Waals surface area contributed by atoms with Gasteiger partial charge in [0.25, 0.3) is 0 Å². The first-order valence-corrected chi connectivity index (χ1v) is 24.7. The molecule has 1 N–H and O–H groups in total. The summed E-state index contributed by atoms with van der Waals surface area (Å²) in [7, 11) is 0. The monoisotopic (exact) mass is 792 g/mol. The maximum absolute atomic E-state index is 12.8. The number of nitrogens with one attached hydrogen (secondary N) is 1. The maximum Gasteiger partial charge on any atom is 0.306 e. The molecular weight excluding hydrogens is 703 g/mol. The number of ether oxygens (including phenoxy) is 2. The fraction of sp³-hybridized carbons (Fsp3) is 0.894. The highest BCUT2D eigenvalue weighted by Crippen LogP contribution is 2.19. The minimum absolute atomic E-state index is 0.0145. The Hall–Kier alpha value is -1.67. The van der Waals surface area contributed by atoms with Crippen molar-refractivity contribution in [2.75, 3.05) is 38.1 Å². The molecule has 0 aliphatic rings. The van der Waals surface area contributed by atoms with Gasteiger partial charge in [-0.05, 0) is 83.8 Å². The standard InChI is InChI=1S/C47H89N3O4S/c1-4-7-10-13-15-24-31-42-53-45(51)35-27-20-16-22-29-39-50(41-32-37-48-47-49-38-43-55-47)40-30-23-17-21-28-36-46(52)54-44(33-25-18-12-9-6-3)34-26-19-14-11-8-5-2/h38,43-44H,4-37,39-42H2,1-3H3,(H,48,49). The number of carbonyl (C=O) groups excluding carboxylic acids is 2. The number of aromatic nitrogens is 1. The number of thiazole rings is 1. The summed E-state index contributed by atoms with van der Waals surface area (Å²) in [5, 5.41) is 6.48. The number of esters is 2. The zero-order chi connectivity index (χ0) is 39.7. The van der Waals surface area contributed by atoms with E-state index >= 15 is 0 Å². The lowest BCUT2D eigenvalue weighted by Crippen LogP contribution is -2.28. The van der Waals surface area contributed by atoms with Gasteiger partial charge in [-0.1, -0.05) is 156 Å². The molecule has 0 saturated carbocycles. The predicted molar refractivity (Wildman–Crippen MR) is 237 cm³/mol. The number of nitrogens with zero attached hydrogens (tertiary/aromatic N) is 2. The lowest BCUT2D eigenvalue weighted by molar-refractivity contribution is -0.150. The van der Waals surface area contributed by atoms with Gasteiger partial charge in [-0.25, -0.2) is 4.98 Å². The van der Waals surface area contributed by atoms with Gasteiger partial charge in [-0.2, -0.15) is 0 Å². The van der Waals surface area contributed by atoms with E-state index in [-0.39, 0.29) is 18.0 Å². The van der Waals surface area contributed by atoms with E-state index in [0.29, 0.717) is 19.4 Å². The molecule has 1 atom stereocenters. The Bertz CT molecular complexity index is 947. The van der Waals surface area contributed by atoms with Crippen LogP contribution in [0.4, 0.5) is 5.13 Å². The van der Waals surface area contributed by atoms with Crippen molar-refractivity contribution in [1.82, 2.24) is 9.88 Å². The molecule has 0 aromatic carbocycles. The normalized spacial score (nSPS) is 12.0. The highest BCUT2D eigenvalue weighted by atomic mass is 32.1. The van der Waals surface area contributed by atoms with Gasteiger partial charge in [0.05, 0.1) is 6.61 Å². The van der Waals surface area contributed by atoms with Gasteiger partial charge >= 0.3 is 11.9 Å². The molecule has 1 heterocycles. The van der Waals surface area contributed by atoms with Crippen molar-refractivity contribution in [2.45, 2.75) is 239 Å². The molecule has 1 aromatic rings. The van der Waals surface area contributed by atoms with Gasteiger partial charge in [-0.3, -0.25) is 9.59 Å². The molecule has 7 nitrogen and oxygen atoms in total. The molecule has 55 heavy (non-hydrogen) atoms. The van der Waals surface area contributed by atoms with Crippen LogP contribution in [0.3, 0.4) is 0 Å². The smallest absolute Gasteiger partial charge is 0.306 e. The molecule has 8 heteroatoms. The van der Waals surface area contributed by atoms with Crippen LogP contribution in [-0.4, -0.2) is 60.7 Å². The van der Waals surface area contributed by atoms with Crippen LogP contribution in [0.1, 0.15) is 233 Å². The van der Waals surface area contributed by atoms with Crippen molar-refractivity contribution in [2.24, 2.45) is 0 Å². The van der Waals surface area contributed by atoms with Crippen LogP contribution in [0.25, 0.3) is 0 Å². The van der Waals surface area contributed by atoms with Crippen molar-refractivity contribution < 1.29 is 19.1 Å². The van der Waals surface area contributed by atoms with Crippen molar-refractivity contribution in [1.29, 1.82) is 0 Å². The second-order valence-electron chi connectivity index (χ2n) is 16.2. The van der Waals surface area contributed by atoms with Crippen LogP contribution in [0.15, 0.2) is 11.6 Å². The van der Waals surface area contributed by atoms with Crippen LogP contribution in [0.2, 0.25) is 0 Å². The Balaban J connectivity index is 2.25. The van der Waals surface area contributed by atoms with Gasteiger partial charge in [-0.15, -0.1) is 11.3 Å². The summed E-state index contributed by atoms with van der Waals surface area (Å²) < 4.78 is 11.5. The second kappa shape index (κ2) is 40.5. The third kappa shape index (κ3) is 35.2. The van der Waals surface area contributed by atoms with Gasteiger partial charge in [0.1, 0.15) is 6.10 Å². The molecule has 322 valence electrons. The lowest BCUT2D eigenvalue weighted by atomic mass is 10.0. The van der Waals surface area contributed by atoms with Crippen LogP contribution >= 0.6 is 11.3 Å². The summed E-state index contributed by atoms with van der Waals surface area (Å²) in [6.07, 6.45) is 40.4. The van der Waals surface area contributed by atoms with E-state index < -0.39 is 0 Å². The van der Waals surface area contributed by atoms with E-state index in [0.717, 1.165) is 82.7 Å². The molecule has 1 rings (SSSR count). The first-order valence-electron chi connectivity index (χ1n) is 23.8. The average molecular weight is 792 g/mol. The Morgan fingerprint density at radius 3 is 1.56 bits per heavy atom. The number of carbonyl (C=O) groups is 2. The fourth-order valence-electron chi connectivity index (χ4n) is 7.37. The number of rotatable bonds is 43. The Kier molecular flexibility index (Phi) is 37.8. The number of anilines is 1. The number of hydrogen-bond donors (Lipinski definition) is 1. The van der Waals surface area contributed by atoms with E-state index in [1.165, 1.54) is 148 Å². The zero-order valence-corrected chi connectivity index (χ0v) is 37.4. The second-order valence-corrected chi connectivity index (χ2v) is 17.1. The Morgan fingerprint density at radius 2 is 1.04 bits per heavy atom. The molecule has 1 aromatic heterocycles. The van der Waals surface area contributed by atoms with E-state index in [2.05, 4.69) is 36.0 Å². The third-order valence-corrected chi connectivity index (χ3v) is 11.6. The highest BCUT2D eigenvalue weighted by molar-refractivity contribution is 7.13. The average Bonchev–Trinajstić information content (AvgIpc) is 3.71. The zero-order valence-electron chi connectivity index (χ0n) is 36.5. The molecule has 0 amide bonds. The highest BCUT2D eigenvalue weighted by Gasteiger charge is 2.14. The van der Waals surface area contributed by atoms with Gasteiger partial charge in [0.15, 0.2) is 5.13 Å². The summed E-state index contributed by atoms with van der Waals surface area (Å²) in [4.78, 5) is 31.9. The summed E-state index contributed by atoms with van der Waals surface area (Å²) in [5.74, 6) is 0.0141. The largest absolute Gasteiger partial charge is 0.466 e. The first kappa shape index (κ1) is 51.3. The van der Waals surface area contributed by atoms with Crippen molar-refractivity contribution in [3.63, 3.8) is 0 Å². The Labute approximate surface area is 344 Å². The van der Waals surface area contributed by atoms with Crippen LogP contribution in [-0.2, 0) is 19.1 Å². The molecular formula is C47H89N3O4S. The predicted octanol–water partition coefficient (Wildman–Crippen LogP) is 14.2. The molecule has 0 saturated heterocycles. The molecule has 0 fully saturated rings. The van der Waals surface area contributed by atoms with Gasteiger partial charge in [0, 0.05) is 31.0 Å². The fourth-order valence-corrected chi connectivity index (χ4v) is 7.92. The van der Waals surface area contributed by atoms with Crippen molar-refractivity contribution in [3.8, 4) is 0 Å². The lowest BCUT2D eigenvalue weighted by Gasteiger charge is -2.22. The first-order chi connectivity index (χ1) is 27.1. The molecule has 0 aliphatic heterocycles. The Morgan fingerprint density at radius 1 is 0.582 bits per heavy atom. The minimum Gasteiger partial charge on any atom is -0.466 e. The number of unbranched alkanes of at least 4 members (excludes halogenated alkanes) is 23. The van der Waals surface area contributed by atoms with E-state index in [1.54, 1.807) is 11.3 Å². The minimum atomic E-state index is -0.0145. The van der Waals surface area contributed by atoms with E-state index in [4.69, 9.17) is 9.47 Å². The van der Waals surface area contributed by atoms with Crippen LogP contribution < -0.4 is 5.32 Å². The van der Waals surface area contributed by atoms with Gasteiger partial charge in [0.2, 0.25) is 0 Å². The maximum atomic E-state index is 12.8. The van der Waals surface area contributed by atoms with Crippen molar-refractivity contribution in [3.05, 3.63) is 11.6 Å². The molecule has 1 unspecified atom stereocenters. The van der Waals surface area contributed by atoms with Crippen molar-refractivity contribution >= 4 is 28.4 Å². The quantitative estimate of drug-likeness (QED) is 0.0521. The van der Waals surface area contributed by atoms with E-state index in [9.17, 15) is 9.59 Å². The summed E-state index contributed by atoms with van der Waals surface area (Å²) in [5.41, 5.74) is 0.